The van der Waals surface area contributed by atoms with Crippen molar-refractivity contribution >= 4 is 17.9 Å². The summed E-state index contributed by atoms with van der Waals surface area (Å²) in [5.41, 5.74) is 0. The first kappa shape index (κ1) is 77.5. The molecule has 0 saturated carbocycles. The fourth-order valence-electron chi connectivity index (χ4n) is 10.3. The first-order valence-corrected chi connectivity index (χ1v) is 34.6. The topological polar surface area (TPSA) is 111 Å². The van der Waals surface area contributed by atoms with Crippen molar-refractivity contribution in [1.29, 1.82) is 0 Å². The summed E-state index contributed by atoms with van der Waals surface area (Å²) in [7, 11) is 5.94. The van der Waals surface area contributed by atoms with Crippen molar-refractivity contribution in [2.24, 2.45) is 0 Å². The lowest BCUT2D eigenvalue weighted by atomic mass is 10.0. The minimum absolute atomic E-state index is 0.151. The number of unbranched alkanes of at least 4 members (excludes halogenated alkanes) is 44. The number of rotatable bonds is 65. The molecule has 0 heterocycles. The molecule has 0 aliphatic rings. The SMILES string of the molecule is CCCCCCC/C=C\C/C=C\C/C=C\CCCCCCCCCCCCCCCCCCCCCCCCCCC(=O)OC(COC(=O)CCCCCCCCCCCCCCCCCC)COC(OCC[N+](C)(C)C)C(=O)[O-]. The van der Waals surface area contributed by atoms with Gasteiger partial charge >= 0.3 is 11.9 Å². The van der Waals surface area contributed by atoms with Crippen molar-refractivity contribution in [1.82, 2.24) is 0 Å². The number of carbonyl (C=O) groups is 3. The Balaban J connectivity index is 3.95. The molecule has 0 aliphatic carbocycles. The number of carbonyl (C=O) groups excluding carboxylic acids is 3. The molecule has 9 nitrogen and oxygen atoms in total. The van der Waals surface area contributed by atoms with Gasteiger partial charge in [0.1, 0.15) is 13.2 Å². The first-order chi connectivity index (χ1) is 39.1. The average Bonchev–Trinajstić information content (AvgIpc) is 3.43. The van der Waals surface area contributed by atoms with E-state index in [-0.39, 0.29) is 32.2 Å². The summed E-state index contributed by atoms with van der Waals surface area (Å²) in [4.78, 5) is 37.4. The molecule has 0 aromatic carbocycles. The number of aliphatic carboxylic acids is 1. The smallest absolute Gasteiger partial charge is 0.306 e. The first-order valence-electron chi connectivity index (χ1n) is 34.6. The Kier molecular flexibility index (Phi) is 60.6. The van der Waals surface area contributed by atoms with Crippen molar-refractivity contribution in [3.05, 3.63) is 36.5 Å². The molecule has 470 valence electrons. The molecule has 0 aromatic rings. The van der Waals surface area contributed by atoms with E-state index in [1.807, 2.05) is 21.1 Å². The van der Waals surface area contributed by atoms with Crippen molar-refractivity contribution in [2.75, 3.05) is 47.5 Å². The number of nitrogens with zero attached hydrogens (tertiary/aromatic N) is 1. The predicted octanol–water partition coefficient (Wildman–Crippen LogP) is 19.9. The summed E-state index contributed by atoms with van der Waals surface area (Å²) in [5.74, 6) is -2.25. The molecule has 0 bridgehead atoms. The van der Waals surface area contributed by atoms with Gasteiger partial charge in [-0.3, -0.25) is 9.59 Å². The number of allylic oxidation sites excluding steroid dienone is 6. The van der Waals surface area contributed by atoms with Crippen LogP contribution in [-0.2, 0) is 33.3 Å². The van der Waals surface area contributed by atoms with E-state index in [1.165, 1.54) is 263 Å². The molecule has 2 unspecified atom stereocenters. The molecule has 0 N–H and O–H groups in total. The van der Waals surface area contributed by atoms with Crippen LogP contribution < -0.4 is 5.11 Å². The van der Waals surface area contributed by atoms with Gasteiger partial charge in [-0.15, -0.1) is 0 Å². The number of quaternary nitrogens is 1. The van der Waals surface area contributed by atoms with E-state index in [4.69, 9.17) is 18.9 Å². The van der Waals surface area contributed by atoms with Gasteiger partial charge in [0.15, 0.2) is 12.4 Å². The molecule has 0 saturated heterocycles. The van der Waals surface area contributed by atoms with Gasteiger partial charge < -0.3 is 33.3 Å². The Bertz CT molecular complexity index is 1410. The molecule has 0 spiro atoms. The molecule has 9 heteroatoms. The fraction of sp³-hybridized carbons (Fsp3) is 0.873. The van der Waals surface area contributed by atoms with E-state index in [2.05, 4.69) is 50.3 Å². The molecule has 0 radical (unpaired) electrons. The van der Waals surface area contributed by atoms with E-state index >= 15 is 0 Å². The maximum atomic E-state index is 12.9. The molecule has 2 atom stereocenters. The lowest BCUT2D eigenvalue weighted by molar-refractivity contribution is -0.870. The van der Waals surface area contributed by atoms with Crippen molar-refractivity contribution in [2.45, 2.75) is 354 Å². The monoisotopic (exact) mass is 1130 g/mol. The second kappa shape index (κ2) is 62.6. The lowest BCUT2D eigenvalue weighted by Crippen LogP contribution is -2.44. The zero-order valence-electron chi connectivity index (χ0n) is 53.7. The van der Waals surface area contributed by atoms with Crippen LogP contribution in [0.25, 0.3) is 0 Å². The highest BCUT2D eigenvalue weighted by atomic mass is 16.7. The number of hydrogen-bond donors (Lipinski definition) is 0. The van der Waals surface area contributed by atoms with E-state index in [9.17, 15) is 19.5 Å². The van der Waals surface area contributed by atoms with Gasteiger partial charge in [0.25, 0.3) is 0 Å². The molecule has 0 rings (SSSR count). The molecular formula is C71H133NO8. The maximum Gasteiger partial charge on any atom is 0.306 e. The van der Waals surface area contributed by atoms with Gasteiger partial charge in [0.05, 0.1) is 40.3 Å². The van der Waals surface area contributed by atoms with Gasteiger partial charge in [0, 0.05) is 12.8 Å². The Labute approximate surface area is 496 Å². The number of carboxylic acid groups (broad SMARTS) is 1. The number of carboxylic acids is 1. The van der Waals surface area contributed by atoms with E-state index in [0.29, 0.717) is 17.4 Å². The van der Waals surface area contributed by atoms with Crippen LogP contribution in [-0.4, -0.2) is 82.3 Å². The van der Waals surface area contributed by atoms with Crippen LogP contribution in [0, 0.1) is 0 Å². The molecule has 0 aromatic heterocycles. The highest BCUT2D eigenvalue weighted by Crippen LogP contribution is 2.18. The predicted molar refractivity (Wildman–Crippen MR) is 339 cm³/mol. The van der Waals surface area contributed by atoms with Crippen LogP contribution in [0.5, 0.6) is 0 Å². The molecule has 0 amide bonds. The number of likely N-dealkylation sites (N-methyl/N-ethyl adjacent to an activating group) is 1. The van der Waals surface area contributed by atoms with E-state index < -0.39 is 24.3 Å². The number of ether oxygens (including phenoxy) is 4. The summed E-state index contributed by atoms with van der Waals surface area (Å²) in [6.45, 7) is 4.79. The Hall–Kier alpha value is -2.49. The normalized spacial score (nSPS) is 12.9. The maximum absolute atomic E-state index is 12.9. The van der Waals surface area contributed by atoms with Crippen molar-refractivity contribution in [3.63, 3.8) is 0 Å². The van der Waals surface area contributed by atoms with E-state index in [1.54, 1.807) is 0 Å². The fourth-order valence-corrected chi connectivity index (χ4v) is 10.3. The van der Waals surface area contributed by atoms with Gasteiger partial charge in [0.2, 0.25) is 0 Å². The molecular weight excluding hydrogens is 995 g/mol. The Morgan fingerprint density at radius 1 is 0.375 bits per heavy atom. The van der Waals surface area contributed by atoms with Crippen LogP contribution in [0.15, 0.2) is 36.5 Å². The quantitative estimate of drug-likeness (QED) is 0.0195. The average molecular weight is 1130 g/mol. The van der Waals surface area contributed by atoms with Crippen LogP contribution in [0.4, 0.5) is 0 Å². The molecule has 0 aliphatic heterocycles. The van der Waals surface area contributed by atoms with Crippen LogP contribution in [0.1, 0.15) is 341 Å². The third-order valence-corrected chi connectivity index (χ3v) is 15.6. The number of esters is 2. The third kappa shape index (κ3) is 63.1. The minimum atomic E-state index is -1.62. The third-order valence-electron chi connectivity index (χ3n) is 15.6. The van der Waals surface area contributed by atoms with Gasteiger partial charge in [-0.25, -0.2) is 0 Å². The van der Waals surface area contributed by atoms with Gasteiger partial charge in [-0.05, 0) is 51.4 Å². The van der Waals surface area contributed by atoms with Crippen molar-refractivity contribution in [3.8, 4) is 0 Å². The lowest BCUT2D eigenvalue weighted by Gasteiger charge is -2.26. The summed E-state index contributed by atoms with van der Waals surface area (Å²) in [5, 5.41) is 11.8. The molecule has 80 heavy (non-hydrogen) atoms. The van der Waals surface area contributed by atoms with Gasteiger partial charge in [-0.2, -0.15) is 0 Å². The standard InChI is InChI=1S/C71H133NO8/c1-6-8-10-12-14-16-18-20-22-24-25-26-27-28-29-30-31-32-33-34-35-36-37-38-39-40-41-42-43-44-45-46-48-50-52-54-56-58-60-62-69(74)80-67(66-79-71(70(75)76)77-64-63-72(3,4)5)65-78-68(73)61-59-57-55-53-51-49-47-23-21-19-17-15-13-11-9-7-2/h18,20,24-25,27-28,67,71H,6-17,19,21-23,26,29-66H2,1-5H3/b20-18-,25-24-,28-27-. The highest BCUT2D eigenvalue weighted by molar-refractivity contribution is 5.70. The zero-order valence-corrected chi connectivity index (χ0v) is 53.7. The summed E-state index contributed by atoms with van der Waals surface area (Å²) >= 11 is 0. The van der Waals surface area contributed by atoms with Crippen molar-refractivity contribution < 1.29 is 42.9 Å². The Morgan fingerprint density at radius 2 is 0.675 bits per heavy atom. The summed E-state index contributed by atoms with van der Waals surface area (Å²) < 4.78 is 22.8. The second-order valence-corrected chi connectivity index (χ2v) is 24.8. The van der Waals surface area contributed by atoms with Gasteiger partial charge in [-0.1, -0.05) is 314 Å². The molecule has 0 fully saturated rings. The van der Waals surface area contributed by atoms with Crippen LogP contribution in [0.3, 0.4) is 0 Å². The summed E-state index contributed by atoms with van der Waals surface area (Å²) in [6.07, 6.45) is 75.3. The highest BCUT2D eigenvalue weighted by Gasteiger charge is 2.22. The summed E-state index contributed by atoms with van der Waals surface area (Å²) in [6, 6.07) is 0. The zero-order chi connectivity index (χ0) is 58.3. The largest absolute Gasteiger partial charge is 0.545 e. The minimum Gasteiger partial charge on any atom is -0.545 e. The second-order valence-electron chi connectivity index (χ2n) is 24.8. The van der Waals surface area contributed by atoms with E-state index in [0.717, 1.165) is 51.4 Å². The van der Waals surface area contributed by atoms with Crippen LogP contribution >= 0.6 is 0 Å². The van der Waals surface area contributed by atoms with Crippen LogP contribution in [0.2, 0.25) is 0 Å². The number of hydrogen-bond acceptors (Lipinski definition) is 8. The Morgan fingerprint density at radius 3 is 1.00 bits per heavy atom.